The highest BCUT2D eigenvalue weighted by Gasteiger charge is 2.19. The van der Waals surface area contributed by atoms with Crippen LogP contribution in [0.3, 0.4) is 0 Å². The number of carbonyl (C=O) groups is 1. The van der Waals surface area contributed by atoms with E-state index in [9.17, 15) is 13.2 Å². The molecule has 0 saturated carbocycles. The summed E-state index contributed by atoms with van der Waals surface area (Å²) in [4.78, 5) is 14.1. The summed E-state index contributed by atoms with van der Waals surface area (Å²) < 4.78 is 37.6. The van der Waals surface area contributed by atoms with Gasteiger partial charge in [0.1, 0.15) is 5.76 Å². The third kappa shape index (κ3) is 5.29. The molecule has 27 heavy (non-hydrogen) atoms. The Morgan fingerprint density at radius 2 is 2.07 bits per heavy atom. The van der Waals surface area contributed by atoms with E-state index in [1.165, 1.54) is 24.5 Å². The molecule has 8 heteroatoms. The van der Waals surface area contributed by atoms with Crippen molar-refractivity contribution in [2.45, 2.75) is 24.5 Å². The molecule has 1 amide bonds. The maximum atomic E-state index is 12.3. The SMILES string of the molecule is CC1CN(C(=O)/C=C/c2ccc(S(=O)(=O)NCc3ccco3)cc2)CCO1. The third-order valence-corrected chi connectivity index (χ3v) is 5.60. The topological polar surface area (TPSA) is 88.9 Å². The van der Waals surface area contributed by atoms with E-state index in [0.29, 0.717) is 25.5 Å². The Morgan fingerprint density at radius 3 is 2.74 bits per heavy atom. The van der Waals surface area contributed by atoms with E-state index in [-0.39, 0.29) is 23.5 Å². The predicted molar refractivity (Wildman–Crippen MR) is 100 cm³/mol. The van der Waals surface area contributed by atoms with Gasteiger partial charge < -0.3 is 14.1 Å². The summed E-state index contributed by atoms with van der Waals surface area (Å²) in [7, 11) is -3.63. The summed E-state index contributed by atoms with van der Waals surface area (Å²) >= 11 is 0. The van der Waals surface area contributed by atoms with Gasteiger partial charge in [0.2, 0.25) is 15.9 Å². The van der Waals surface area contributed by atoms with Crippen molar-refractivity contribution >= 4 is 22.0 Å². The van der Waals surface area contributed by atoms with Gasteiger partial charge in [0, 0.05) is 19.2 Å². The minimum Gasteiger partial charge on any atom is -0.468 e. The van der Waals surface area contributed by atoms with Crippen molar-refractivity contribution in [3.63, 3.8) is 0 Å². The third-order valence-electron chi connectivity index (χ3n) is 4.18. The number of nitrogens with one attached hydrogen (secondary N) is 1. The number of benzene rings is 1. The van der Waals surface area contributed by atoms with Crippen LogP contribution >= 0.6 is 0 Å². The second-order valence-corrected chi connectivity index (χ2v) is 8.04. The van der Waals surface area contributed by atoms with Gasteiger partial charge in [0.05, 0.1) is 30.4 Å². The van der Waals surface area contributed by atoms with Gasteiger partial charge in [0.25, 0.3) is 0 Å². The van der Waals surface area contributed by atoms with Crippen molar-refractivity contribution in [1.29, 1.82) is 0 Å². The molecule has 7 nitrogen and oxygen atoms in total. The smallest absolute Gasteiger partial charge is 0.246 e. The van der Waals surface area contributed by atoms with Gasteiger partial charge in [-0.1, -0.05) is 12.1 Å². The Balaban J connectivity index is 1.60. The minimum absolute atomic E-state index is 0.0364. The standard InChI is InChI=1S/C19H22N2O5S/c1-15-14-21(10-12-25-15)19(22)9-6-16-4-7-18(8-5-16)27(23,24)20-13-17-3-2-11-26-17/h2-9,11,15,20H,10,12-14H2,1H3/b9-6+. The quantitative estimate of drug-likeness (QED) is 0.763. The van der Waals surface area contributed by atoms with E-state index in [1.54, 1.807) is 35.2 Å². The molecule has 0 bridgehead atoms. The maximum Gasteiger partial charge on any atom is 0.246 e. The van der Waals surface area contributed by atoms with Gasteiger partial charge in [-0.2, -0.15) is 0 Å². The fraction of sp³-hybridized carbons (Fsp3) is 0.316. The van der Waals surface area contributed by atoms with Gasteiger partial charge >= 0.3 is 0 Å². The lowest BCUT2D eigenvalue weighted by molar-refractivity contribution is -0.132. The Kier molecular flexibility index (Phi) is 6.10. The van der Waals surface area contributed by atoms with Crippen LogP contribution in [0.1, 0.15) is 18.2 Å². The molecule has 1 aromatic carbocycles. The first-order valence-corrected chi connectivity index (χ1v) is 10.1. The fourth-order valence-corrected chi connectivity index (χ4v) is 3.71. The zero-order chi connectivity index (χ0) is 19.3. The first kappa shape index (κ1) is 19.3. The normalized spacial score (nSPS) is 18.1. The van der Waals surface area contributed by atoms with Crippen molar-refractivity contribution in [2.75, 3.05) is 19.7 Å². The van der Waals surface area contributed by atoms with Crippen LogP contribution < -0.4 is 4.72 Å². The summed E-state index contributed by atoms with van der Waals surface area (Å²) in [6.07, 6.45) is 4.70. The predicted octanol–water partition coefficient (Wildman–Crippen LogP) is 2.02. The van der Waals surface area contributed by atoms with Crippen LogP contribution in [-0.4, -0.2) is 45.0 Å². The molecule has 1 saturated heterocycles. The number of sulfonamides is 1. The molecule has 1 N–H and O–H groups in total. The van der Waals surface area contributed by atoms with E-state index in [0.717, 1.165) is 5.56 Å². The van der Waals surface area contributed by atoms with Gasteiger partial charge in [-0.15, -0.1) is 0 Å². The minimum atomic E-state index is -3.63. The molecule has 1 unspecified atom stereocenters. The number of amides is 1. The van der Waals surface area contributed by atoms with E-state index in [4.69, 9.17) is 9.15 Å². The fourth-order valence-electron chi connectivity index (χ4n) is 2.71. The van der Waals surface area contributed by atoms with Crippen LogP contribution in [0.5, 0.6) is 0 Å². The molecule has 0 radical (unpaired) electrons. The summed E-state index contributed by atoms with van der Waals surface area (Å²) in [5.74, 6) is 0.455. The molecule has 1 aliphatic rings. The van der Waals surface area contributed by atoms with E-state index in [1.807, 2.05) is 6.92 Å². The number of nitrogens with zero attached hydrogens (tertiary/aromatic N) is 1. The van der Waals surface area contributed by atoms with Crippen molar-refractivity contribution in [3.05, 3.63) is 60.1 Å². The molecule has 1 fully saturated rings. The monoisotopic (exact) mass is 390 g/mol. The summed E-state index contributed by atoms with van der Waals surface area (Å²) in [5.41, 5.74) is 0.745. The van der Waals surface area contributed by atoms with Gasteiger partial charge in [-0.3, -0.25) is 4.79 Å². The molecule has 1 atom stereocenters. The lowest BCUT2D eigenvalue weighted by Crippen LogP contribution is -2.43. The molecule has 2 aromatic rings. The zero-order valence-corrected chi connectivity index (χ0v) is 15.8. The van der Waals surface area contributed by atoms with Gasteiger partial charge in [0.15, 0.2) is 0 Å². The number of rotatable bonds is 6. The summed E-state index contributed by atoms with van der Waals surface area (Å²) in [6, 6.07) is 9.73. The first-order valence-electron chi connectivity index (χ1n) is 8.65. The van der Waals surface area contributed by atoms with Crippen molar-refractivity contribution in [3.8, 4) is 0 Å². The second kappa shape index (κ2) is 8.51. The largest absolute Gasteiger partial charge is 0.468 e. The molecule has 2 heterocycles. The Morgan fingerprint density at radius 1 is 1.30 bits per heavy atom. The summed E-state index contributed by atoms with van der Waals surface area (Å²) in [5, 5.41) is 0. The number of carbonyl (C=O) groups excluding carboxylic acids is 1. The Bertz CT molecular complexity index is 889. The Labute approximate surface area is 158 Å². The van der Waals surface area contributed by atoms with E-state index < -0.39 is 10.0 Å². The van der Waals surface area contributed by atoms with Crippen LogP contribution in [0.2, 0.25) is 0 Å². The van der Waals surface area contributed by atoms with Crippen LogP contribution in [0.15, 0.2) is 58.1 Å². The molecule has 0 aliphatic carbocycles. The molecule has 1 aliphatic heterocycles. The van der Waals surface area contributed by atoms with Crippen LogP contribution in [0.25, 0.3) is 6.08 Å². The van der Waals surface area contributed by atoms with Crippen molar-refractivity contribution in [1.82, 2.24) is 9.62 Å². The lowest BCUT2D eigenvalue weighted by Gasteiger charge is -2.30. The average Bonchev–Trinajstić information content (AvgIpc) is 3.19. The molecule has 144 valence electrons. The number of morpholine rings is 1. The number of hydrogen-bond acceptors (Lipinski definition) is 5. The summed E-state index contributed by atoms with van der Waals surface area (Å²) in [6.45, 7) is 3.71. The Hall–Kier alpha value is -2.42. The average molecular weight is 390 g/mol. The van der Waals surface area contributed by atoms with Crippen LogP contribution in [-0.2, 0) is 26.1 Å². The first-order chi connectivity index (χ1) is 12.9. The van der Waals surface area contributed by atoms with Crippen molar-refractivity contribution in [2.24, 2.45) is 0 Å². The number of hydrogen-bond donors (Lipinski definition) is 1. The van der Waals surface area contributed by atoms with E-state index >= 15 is 0 Å². The van der Waals surface area contributed by atoms with E-state index in [2.05, 4.69) is 4.72 Å². The zero-order valence-electron chi connectivity index (χ0n) is 15.0. The van der Waals surface area contributed by atoms with Crippen molar-refractivity contribution < 1.29 is 22.4 Å². The molecular formula is C19H22N2O5S. The lowest BCUT2D eigenvalue weighted by atomic mass is 10.2. The number of ether oxygens (including phenoxy) is 1. The highest BCUT2D eigenvalue weighted by atomic mass is 32.2. The van der Waals surface area contributed by atoms with Crippen LogP contribution in [0, 0.1) is 0 Å². The molecular weight excluding hydrogens is 368 g/mol. The highest BCUT2D eigenvalue weighted by molar-refractivity contribution is 7.89. The number of furan rings is 1. The highest BCUT2D eigenvalue weighted by Crippen LogP contribution is 2.13. The van der Waals surface area contributed by atoms with Gasteiger partial charge in [-0.05, 0) is 42.8 Å². The molecule has 1 aromatic heterocycles. The van der Waals surface area contributed by atoms with Crippen LogP contribution in [0.4, 0.5) is 0 Å². The van der Waals surface area contributed by atoms with Gasteiger partial charge in [-0.25, -0.2) is 13.1 Å². The molecule has 3 rings (SSSR count). The molecule has 0 spiro atoms. The maximum absolute atomic E-state index is 12.3. The second-order valence-electron chi connectivity index (χ2n) is 6.27.